The van der Waals surface area contributed by atoms with E-state index in [9.17, 15) is 9.59 Å². The van der Waals surface area contributed by atoms with E-state index in [1.165, 1.54) is 7.11 Å². The Kier molecular flexibility index (Phi) is 6.28. The number of carbonyl (C=O) groups is 2. The normalized spacial score (nSPS) is 19.5. The number of aliphatic carboxylic acids is 1. The van der Waals surface area contributed by atoms with Gasteiger partial charge in [-0.25, -0.2) is 4.79 Å². The molecule has 1 aliphatic rings. The molecule has 0 aliphatic heterocycles. The van der Waals surface area contributed by atoms with Crippen LogP contribution in [0.15, 0.2) is 18.2 Å². The minimum Gasteiger partial charge on any atom is -0.495 e. The standard InChI is InChI=1S/C16H22ClN3O4/c1-3-20(9-15(21)22)12-6-11(7-12)19-16(23)18-10-4-5-13(17)14(8-10)24-2/h4-5,8,11-12H,3,6-7,9H2,1-2H3,(H,21,22)(H2,18,19,23). The second-order valence-electron chi connectivity index (χ2n) is 5.73. The fourth-order valence-corrected chi connectivity index (χ4v) is 2.96. The first kappa shape index (κ1) is 18.4. The van der Waals surface area contributed by atoms with Gasteiger partial charge in [-0.05, 0) is 31.5 Å². The first-order valence-electron chi connectivity index (χ1n) is 7.79. The van der Waals surface area contributed by atoms with E-state index < -0.39 is 5.97 Å². The molecule has 0 bridgehead atoms. The minimum atomic E-state index is -0.831. The van der Waals surface area contributed by atoms with E-state index in [0.29, 0.717) is 23.0 Å². The molecule has 0 radical (unpaired) electrons. The number of likely N-dealkylation sites (N-methyl/N-ethyl adjacent to an activating group) is 1. The van der Waals surface area contributed by atoms with E-state index in [1.54, 1.807) is 18.2 Å². The molecule has 0 unspecified atom stereocenters. The lowest BCUT2D eigenvalue weighted by atomic mass is 9.85. The molecule has 2 amide bonds. The highest BCUT2D eigenvalue weighted by atomic mass is 35.5. The summed E-state index contributed by atoms with van der Waals surface area (Å²) < 4.78 is 5.11. The number of amides is 2. The van der Waals surface area contributed by atoms with Gasteiger partial charge < -0.3 is 20.5 Å². The molecule has 1 aliphatic carbocycles. The highest BCUT2D eigenvalue weighted by Gasteiger charge is 2.34. The highest BCUT2D eigenvalue weighted by Crippen LogP contribution is 2.28. The largest absolute Gasteiger partial charge is 0.495 e. The van der Waals surface area contributed by atoms with Gasteiger partial charge in [0.2, 0.25) is 0 Å². The van der Waals surface area contributed by atoms with E-state index in [-0.39, 0.29) is 24.7 Å². The summed E-state index contributed by atoms with van der Waals surface area (Å²) >= 11 is 5.94. The zero-order chi connectivity index (χ0) is 17.7. The molecule has 1 saturated carbocycles. The number of nitrogens with one attached hydrogen (secondary N) is 2. The maximum Gasteiger partial charge on any atom is 0.319 e. The number of ether oxygens (including phenoxy) is 1. The number of carbonyl (C=O) groups excluding carboxylic acids is 1. The molecule has 0 atom stereocenters. The van der Waals surface area contributed by atoms with Crippen LogP contribution in [0.5, 0.6) is 5.75 Å². The van der Waals surface area contributed by atoms with Gasteiger partial charge in [0, 0.05) is 23.8 Å². The SMILES string of the molecule is CCN(CC(=O)O)C1CC(NC(=O)Nc2ccc(Cl)c(OC)c2)C1. The Morgan fingerprint density at radius 2 is 2.12 bits per heavy atom. The van der Waals surface area contributed by atoms with Crippen molar-refractivity contribution in [3.63, 3.8) is 0 Å². The summed E-state index contributed by atoms with van der Waals surface area (Å²) in [6.45, 7) is 2.65. The molecular weight excluding hydrogens is 334 g/mol. The molecule has 2 rings (SSSR count). The smallest absolute Gasteiger partial charge is 0.319 e. The molecular formula is C16H22ClN3O4. The molecule has 132 valence electrons. The van der Waals surface area contributed by atoms with Crippen LogP contribution in [-0.4, -0.2) is 54.3 Å². The number of urea groups is 1. The van der Waals surface area contributed by atoms with Crippen molar-refractivity contribution < 1.29 is 19.4 Å². The van der Waals surface area contributed by atoms with E-state index in [2.05, 4.69) is 10.6 Å². The summed E-state index contributed by atoms with van der Waals surface area (Å²) in [5, 5.41) is 15.0. The number of nitrogens with zero attached hydrogens (tertiary/aromatic N) is 1. The highest BCUT2D eigenvalue weighted by molar-refractivity contribution is 6.32. The molecule has 0 spiro atoms. The van der Waals surface area contributed by atoms with Crippen LogP contribution in [0.2, 0.25) is 5.02 Å². The third-order valence-corrected chi connectivity index (χ3v) is 4.43. The Morgan fingerprint density at radius 1 is 1.42 bits per heavy atom. The lowest BCUT2D eigenvalue weighted by Gasteiger charge is -2.42. The summed E-state index contributed by atoms with van der Waals surface area (Å²) in [5.74, 6) is -0.340. The lowest BCUT2D eigenvalue weighted by molar-refractivity contribution is -0.139. The van der Waals surface area contributed by atoms with Crippen molar-refractivity contribution in [2.24, 2.45) is 0 Å². The minimum absolute atomic E-state index is 0.0324. The van der Waals surface area contributed by atoms with E-state index in [4.69, 9.17) is 21.4 Å². The van der Waals surface area contributed by atoms with Crippen molar-refractivity contribution in [2.75, 3.05) is 25.5 Å². The molecule has 8 heteroatoms. The third kappa shape index (κ3) is 4.75. The van der Waals surface area contributed by atoms with Crippen LogP contribution in [0, 0.1) is 0 Å². The van der Waals surface area contributed by atoms with Gasteiger partial charge in [-0.1, -0.05) is 18.5 Å². The Labute approximate surface area is 145 Å². The average Bonchev–Trinajstić information content (AvgIpc) is 2.50. The van der Waals surface area contributed by atoms with Gasteiger partial charge in [-0.2, -0.15) is 0 Å². The Hall–Kier alpha value is -1.99. The second-order valence-corrected chi connectivity index (χ2v) is 6.13. The number of methoxy groups -OCH3 is 1. The van der Waals surface area contributed by atoms with Crippen LogP contribution in [0.4, 0.5) is 10.5 Å². The first-order valence-corrected chi connectivity index (χ1v) is 8.17. The summed E-state index contributed by atoms with van der Waals surface area (Å²) in [4.78, 5) is 24.7. The predicted octanol–water partition coefficient (Wildman–Crippen LogP) is 2.41. The molecule has 0 aromatic heterocycles. The van der Waals surface area contributed by atoms with Crippen LogP contribution in [0.3, 0.4) is 0 Å². The Balaban J connectivity index is 1.79. The van der Waals surface area contributed by atoms with Gasteiger partial charge in [-0.15, -0.1) is 0 Å². The average molecular weight is 356 g/mol. The van der Waals surface area contributed by atoms with Crippen LogP contribution < -0.4 is 15.4 Å². The van der Waals surface area contributed by atoms with Gasteiger partial charge in [-0.3, -0.25) is 9.69 Å². The van der Waals surface area contributed by atoms with Gasteiger partial charge in [0.05, 0.1) is 18.7 Å². The zero-order valence-electron chi connectivity index (χ0n) is 13.7. The quantitative estimate of drug-likeness (QED) is 0.698. The molecule has 1 aromatic carbocycles. The molecule has 7 nitrogen and oxygen atoms in total. The maximum atomic E-state index is 12.0. The number of hydrogen-bond acceptors (Lipinski definition) is 4. The van der Waals surface area contributed by atoms with Gasteiger partial charge in [0.1, 0.15) is 5.75 Å². The van der Waals surface area contributed by atoms with Crippen LogP contribution in [-0.2, 0) is 4.79 Å². The number of carboxylic acids is 1. The van der Waals surface area contributed by atoms with Crippen molar-refractivity contribution in [2.45, 2.75) is 31.8 Å². The van der Waals surface area contributed by atoms with Crippen molar-refractivity contribution >= 4 is 29.3 Å². The zero-order valence-corrected chi connectivity index (χ0v) is 14.5. The van der Waals surface area contributed by atoms with Crippen LogP contribution in [0.25, 0.3) is 0 Å². The summed E-state index contributed by atoms with van der Waals surface area (Å²) in [6, 6.07) is 4.94. The molecule has 24 heavy (non-hydrogen) atoms. The number of rotatable bonds is 7. The molecule has 1 aromatic rings. The van der Waals surface area contributed by atoms with Gasteiger partial charge in [0.25, 0.3) is 0 Å². The molecule has 3 N–H and O–H groups in total. The van der Waals surface area contributed by atoms with Gasteiger partial charge >= 0.3 is 12.0 Å². The molecule has 1 fully saturated rings. The summed E-state index contributed by atoms with van der Waals surface area (Å²) in [7, 11) is 1.51. The maximum absolute atomic E-state index is 12.0. The van der Waals surface area contributed by atoms with Crippen molar-refractivity contribution in [1.82, 2.24) is 10.2 Å². The lowest BCUT2D eigenvalue weighted by Crippen LogP contribution is -2.55. The Bertz CT molecular complexity index is 605. The molecule has 0 heterocycles. The topological polar surface area (TPSA) is 90.9 Å². The van der Waals surface area contributed by atoms with Crippen molar-refractivity contribution in [1.29, 1.82) is 0 Å². The number of halogens is 1. The molecule has 0 saturated heterocycles. The fraction of sp³-hybridized carbons (Fsp3) is 0.500. The summed E-state index contributed by atoms with van der Waals surface area (Å²) in [5.41, 5.74) is 0.589. The van der Waals surface area contributed by atoms with E-state index >= 15 is 0 Å². The number of carboxylic acid groups (broad SMARTS) is 1. The van der Waals surface area contributed by atoms with Crippen molar-refractivity contribution in [3.05, 3.63) is 23.2 Å². The number of hydrogen-bond donors (Lipinski definition) is 3. The monoisotopic (exact) mass is 355 g/mol. The fourth-order valence-electron chi connectivity index (χ4n) is 2.77. The van der Waals surface area contributed by atoms with Gasteiger partial charge in [0.15, 0.2) is 0 Å². The first-order chi connectivity index (χ1) is 11.4. The van der Waals surface area contributed by atoms with Crippen molar-refractivity contribution in [3.8, 4) is 5.75 Å². The third-order valence-electron chi connectivity index (χ3n) is 4.12. The second kappa shape index (κ2) is 8.21. The number of benzene rings is 1. The summed E-state index contributed by atoms with van der Waals surface area (Å²) in [6.07, 6.45) is 1.50. The predicted molar refractivity (Wildman–Crippen MR) is 91.9 cm³/mol. The van der Waals surface area contributed by atoms with Crippen LogP contribution in [0.1, 0.15) is 19.8 Å². The number of anilines is 1. The van der Waals surface area contributed by atoms with E-state index in [0.717, 1.165) is 12.8 Å². The Morgan fingerprint density at radius 3 is 2.71 bits per heavy atom. The van der Waals surface area contributed by atoms with E-state index in [1.807, 2.05) is 11.8 Å². The van der Waals surface area contributed by atoms with Crippen LogP contribution >= 0.6 is 11.6 Å².